The number of nitrogens with one attached hydrogen (secondary N) is 1. The molecule has 1 fully saturated rings. The van der Waals surface area contributed by atoms with Crippen molar-refractivity contribution in [1.82, 2.24) is 10.3 Å². The first-order valence-corrected chi connectivity index (χ1v) is 4.18. The number of hydrogen-bond acceptors (Lipinski definition) is 2. The number of pyridine rings is 1. The Balaban J connectivity index is 1.96. The topological polar surface area (TPSA) is 24.9 Å². The summed E-state index contributed by atoms with van der Waals surface area (Å²) in [6.07, 6.45) is 5.49. The van der Waals surface area contributed by atoms with E-state index in [1.807, 2.05) is 0 Å². The number of halogens is 1. The molecular formula is C9H11FN2. The molecule has 0 saturated heterocycles. The molecule has 1 aromatic rings. The lowest BCUT2D eigenvalue weighted by Crippen LogP contribution is -2.16. The minimum absolute atomic E-state index is 0.168. The van der Waals surface area contributed by atoms with Crippen LogP contribution in [0.15, 0.2) is 18.5 Å². The van der Waals surface area contributed by atoms with Crippen molar-refractivity contribution in [3.8, 4) is 0 Å². The van der Waals surface area contributed by atoms with Gasteiger partial charge in [0, 0.05) is 30.5 Å². The summed E-state index contributed by atoms with van der Waals surface area (Å²) in [5, 5.41) is 3.23. The molecule has 2 rings (SSSR count). The van der Waals surface area contributed by atoms with Crippen molar-refractivity contribution in [2.24, 2.45) is 0 Å². The standard InChI is InChI=1S/C9H11FN2/c10-9-3-4-11-5-7(9)6-12-8-1-2-8/h3-5,8,12H,1-2,6H2. The highest BCUT2D eigenvalue weighted by Gasteiger charge is 2.20. The first-order chi connectivity index (χ1) is 5.86. The van der Waals surface area contributed by atoms with Crippen LogP contribution in [0.3, 0.4) is 0 Å². The fraction of sp³-hybridized carbons (Fsp3) is 0.444. The predicted molar refractivity (Wildman–Crippen MR) is 44.1 cm³/mol. The van der Waals surface area contributed by atoms with Gasteiger partial charge in [-0.15, -0.1) is 0 Å². The zero-order chi connectivity index (χ0) is 8.39. The summed E-state index contributed by atoms with van der Waals surface area (Å²) >= 11 is 0. The highest BCUT2D eigenvalue weighted by atomic mass is 19.1. The summed E-state index contributed by atoms with van der Waals surface area (Å²) in [5.41, 5.74) is 0.657. The molecule has 3 heteroatoms. The van der Waals surface area contributed by atoms with Crippen LogP contribution < -0.4 is 5.32 Å². The van der Waals surface area contributed by atoms with E-state index in [2.05, 4.69) is 10.3 Å². The number of hydrogen-bond donors (Lipinski definition) is 1. The van der Waals surface area contributed by atoms with E-state index in [0.29, 0.717) is 18.2 Å². The molecule has 1 aliphatic carbocycles. The van der Waals surface area contributed by atoms with Gasteiger partial charge in [-0.25, -0.2) is 4.39 Å². The van der Waals surface area contributed by atoms with Gasteiger partial charge in [-0.2, -0.15) is 0 Å². The van der Waals surface area contributed by atoms with Gasteiger partial charge in [-0.05, 0) is 18.9 Å². The fourth-order valence-electron chi connectivity index (χ4n) is 1.08. The molecule has 12 heavy (non-hydrogen) atoms. The van der Waals surface area contributed by atoms with Gasteiger partial charge in [-0.3, -0.25) is 4.98 Å². The van der Waals surface area contributed by atoms with Crippen LogP contribution in [-0.4, -0.2) is 11.0 Å². The molecule has 0 bridgehead atoms. The molecule has 1 saturated carbocycles. The Morgan fingerprint density at radius 3 is 3.08 bits per heavy atom. The fourth-order valence-corrected chi connectivity index (χ4v) is 1.08. The first-order valence-electron chi connectivity index (χ1n) is 4.18. The maximum absolute atomic E-state index is 13.0. The summed E-state index contributed by atoms with van der Waals surface area (Å²) in [6, 6.07) is 2.01. The lowest BCUT2D eigenvalue weighted by atomic mass is 10.2. The van der Waals surface area contributed by atoms with E-state index in [-0.39, 0.29) is 5.82 Å². The van der Waals surface area contributed by atoms with Crippen LogP contribution in [0.2, 0.25) is 0 Å². The molecule has 0 amide bonds. The van der Waals surface area contributed by atoms with Gasteiger partial charge in [0.15, 0.2) is 0 Å². The zero-order valence-electron chi connectivity index (χ0n) is 6.76. The van der Waals surface area contributed by atoms with Crippen molar-refractivity contribution in [2.75, 3.05) is 0 Å². The Bertz CT molecular complexity index is 271. The van der Waals surface area contributed by atoms with Crippen molar-refractivity contribution in [2.45, 2.75) is 25.4 Å². The number of nitrogens with zero attached hydrogens (tertiary/aromatic N) is 1. The van der Waals surface area contributed by atoms with Gasteiger partial charge in [0.1, 0.15) is 5.82 Å². The van der Waals surface area contributed by atoms with Crippen molar-refractivity contribution < 1.29 is 4.39 Å². The smallest absolute Gasteiger partial charge is 0.130 e. The summed E-state index contributed by atoms with van der Waals surface area (Å²) in [6.45, 7) is 0.602. The number of rotatable bonds is 3. The third-order valence-electron chi connectivity index (χ3n) is 2.00. The zero-order valence-corrected chi connectivity index (χ0v) is 6.76. The summed E-state index contributed by atoms with van der Waals surface area (Å²) < 4.78 is 13.0. The molecule has 1 heterocycles. The van der Waals surface area contributed by atoms with Gasteiger partial charge in [0.05, 0.1) is 0 Å². The second-order valence-electron chi connectivity index (χ2n) is 3.12. The third kappa shape index (κ3) is 1.80. The summed E-state index contributed by atoms with van der Waals surface area (Å²) in [5.74, 6) is -0.168. The maximum atomic E-state index is 13.0. The van der Waals surface area contributed by atoms with Gasteiger partial charge in [0.25, 0.3) is 0 Å². The van der Waals surface area contributed by atoms with Crippen LogP contribution in [0.4, 0.5) is 4.39 Å². The van der Waals surface area contributed by atoms with Crippen molar-refractivity contribution >= 4 is 0 Å². The van der Waals surface area contributed by atoms with E-state index in [1.54, 1.807) is 6.20 Å². The first kappa shape index (κ1) is 7.68. The molecule has 0 aliphatic heterocycles. The highest BCUT2D eigenvalue weighted by Crippen LogP contribution is 2.19. The predicted octanol–water partition coefficient (Wildman–Crippen LogP) is 1.47. The largest absolute Gasteiger partial charge is 0.310 e. The highest BCUT2D eigenvalue weighted by molar-refractivity contribution is 5.11. The van der Waals surface area contributed by atoms with E-state index >= 15 is 0 Å². The van der Waals surface area contributed by atoms with E-state index in [4.69, 9.17) is 0 Å². The van der Waals surface area contributed by atoms with Gasteiger partial charge < -0.3 is 5.32 Å². The second-order valence-corrected chi connectivity index (χ2v) is 3.12. The minimum atomic E-state index is -0.168. The summed E-state index contributed by atoms with van der Waals surface area (Å²) in [7, 11) is 0. The molecule has 0 radical (unpaired) electrons. The molecule has 0 atom stereocenters. The molecule has 2 nitrogen and oxygen atoms in total. The van der Waals surface area contributed by atoms with E-state index < -0.39 is 0 Å². The Morgan fingerprint density at radius 1 is 1.58 bits per heavy atom. The average Bonchev–Trinajstić information content (AvgIpc) is 2.86. The van der Waals surface area contributed by atoms with Crippen LogP contribution in [0, 0.1) is 5.82 Å². The normalized spacial score (nSPS) is 16.4. The van der Waals surface area contributed by atoms with Crippen LogP contribution >= 0.6 is 0 Å². The Hall–Kier alpha value is -0.960. The Labute approximate surface area is 70.8 Å². The molecule has 64 valence electrons. The second kappa shape index (κ2) is 3.19. The van der Waals surface area contributed by atoms with Crippen molar-refractivity contribution in [3.63, 3.8) is 0 Å². The van der Waals surface area contributed by atoms with E-state index in [1.165, 1.54) is 25.1 Å². The van der Waals surface area contributed by atoms with Gasteiger partial charge >= 0.3 is 0 Å². The van der Waals surface area contributed by atoms with E-state index in [9.17, 15) is 4.39 Å². The molecule has 0 aromatic carbocycles. The third-order valence-corrected chi connectivity index (χ3v) is 2.00. The van der Waals surface area contributed by atoms with E-state index in [0.717, 1.165) is 0 Å². The summed E-state index contributed by atoms with van der Waals surface area (Å²) in [4.78, 5) is 3.86. The van der Waals surface area contributed by atoms with Crippen LogP contribution in [0.25, 0.3) is 0 Å². The maximum Gasteiger partial charge on any atom is 0.130 e. The molecule has 1 N–H and O–H groups in total. The molecule has 1 aromatic heterocycles. The van der Waals surface area contributed by atoms with Crippen LogP contribution in [-0.2, 0) is 6.54 Å². The van der Waals surface area contributed by atoms with Crippen molar-refractivity contribution in [3.05, 3.63) is 29.8 Å². The lowest BCUT2D eigenvalue weighted by molar-refractivity contribution is 0.584. The molecular weight excluding hydrogens is 155 g/mol. The monoisotopic (exact) mass is 166 g/mol. The van der Waals surface area contributed by atoms with Gasteiger partial charge in [-0.1, -0.05) is 0 Å². The SMILES string of the molecule is Fc1ccncc1CNC1CC1. The Kier molecular flexibility index (Phi) is 2.04. The van der Waals surface area contributed by atoms with Crippen LogP contribution in [0.5, 0.6) is 0 Å². The minimum Gasteiger partial charge on any atom is -0.310 e. The molecule has 0 spiro atoms. The quantitative estimate of drug-likeness (QED) is 0.735. The average molecular weight is 166 g/mol. The van der Waals surface area contributed by atoms with Gasteiger partial charge in [0.2, 0.25) is 0 Å². The number of aromatic nitrogens is 1. The molecule has 1 aliphatic rings. The molecule has 0 unspecified atom stereocenters. The Morgan fingerprint density at radius 2 is 2.42 bits per heavy atom. The van der Waals surface area contributed by atoms with Crippen molar-refractivity contribution in [1.29, 1.82) is 0 Å². The van der Waals surface area contributed by atoms with Crippen LogP contribution in [0.1, 0.15) is 18.4 Å². The lowest BCUT2D eigenvalue weighted by Gasteiger charge is -2.02.